The highest BCUT2D eigenvalue weighted by Gasteiger charge is 2.14. The van der Waals surface area contributed by atoms with Gasteiger partial charge in [-0.15, -0.1) is 0 Å². The number of halogens is 2. The van der Waals surface area contributed by atoms with Gasteiger partial charge in [-0.25, -0.2) is 4.39 Å². The van der Waals surface area contributed by atoms with E-state index in [2.05, 4.69) is 10.3 Å². The van der Waals surface area contributed by atoms with Crippen molar-refractivity contribution in [2.24, 2.45) is 4.99 Å². The van der Waals surface area contributed by atoms with E-state index in [0.29, 0.717) is 22.8 Å². The van der Waals surface area contributed by atoms with Crippen LogP contribution in [0.4, 0.5) is 10.1 Å². The Hall–Kier alpha value is -1.91. The lowest BCUT2D eigenvalue weighted by Crippen LogP contribution is -2.28. The fourth-order valence-electron chi connectivity index (χ4n) is 2.34. The van der Waals surface area contributed by atoms with Crippen LogP contribution < -0.4 is 5.32 Å². The van der Waals surface area contributed by atoms with E-state index < -0.39 is 11.9 Å². The minimum atomic E-state index is -0.736. The zero-order chi connectivity index (χ0) is 17.5. The monoisotopic (exact) mass is 348 g/mol. The number of aliphatic imine (C=N–C) groups is 1. The van der Waals surface area contributed by atoms with Gasteiger partial charge in [-0.2, -0.15) is 0 Å². The largest absolute Gasteiger partial charge is 0.385 e. The highest BCUT2D eigenvalue weighted by molar-refractivity contribution is 6.31. The molecule has 0 bridgehead atoms. The summed E-state index contributed by atoms with van der Waals surface area (Å²) in [6.45, 7) is 4.03. The second kappa shape index (κ2) is 8.81. The second-order valence-corrected chi connectivity index (χ2v) is 6.05. The number of rotatable bonds is 6. The first-order chi connectivity index (χ1) is 11.5. The molecule has 0 fully saturated rings. The summed E-state index contributed by atoms with van der Waals surface area (Å²) in [5.41, 5.74) is 2.23. The lowest BCUT2D eigenvalue weighted by atomic mass is 10.1. The minimum absolute atomic E-state index is 0.0699. The van der Waals surface area contributed by atoms with Gasteiger partial charge in [0, 0.05) is 16.3 Å². The topological polar surface area (TPSA) is 44.6 Å². The first-order valence-corrected chi connectivity index (χ1v) is 8.38. The second-order valence-electron chi connectivity index (χ2n) is 5.65. The van der Waals surface area contributed by atoms with Gasteiger partial charge in [0.15, 0.2) is 0 Å². The Balaban J connectivity index is 2.27. The number of aliphatic hydroxyl groups is 1. The fourth-order valence-corrected chi connectivity index (χ4v) is 2.56. The van der Waals surface area contributed by atoms with Crippen molar-refractivity contribution in [1.82, 2.24) is 0 Å². The third-order valence-corrected chi connectivity index (χ3v) is 4.11. The summed E-state index contributed by atoms with van der Waals surface area (Å²) in [5.74, 6) is 0.0249. The lowest BCUT2D eigenvalue weighted by Gasteiger charge is -2.17. The molecule has 1 unspecified atom stereocenters. The highest BCUT2D eigenvalue weighted by atomic mass is 35.5. The fraction of sp³-hybridized carbons (Fsp3) is 0.316. The summed E-state index contributed by atoms with van der Waals surface area (Å²) >= 11 is 6.05. The number of para-hydroxylation sites is 1. The van der Waals surface area contributed by atoms with E-state index in [4.69, 9.17) is 11.6 Å². The third kappa shape index (κ3) is 4.79. The molecule has 1 atom stereocenters. The van der Waals surface area contributed by atoms with Crippen molar-refractivity contribution in [3.05, 3.63) is 64.4 Å². The first kappa shape index (κ1) is 18.4. The maximum Gasteiger partial charge on any atom is 0.130 e. The smallest absolute Gasteiger partial charge is 0.130 e. The van der Waals surface area contributed by atoms with E-state index in [0.717, 1.165) is 17.7 Å². The van der Waals surface area contributed by atoms with Crippen LogP contribution in [0.3, 0.4) is 0 Å². The summed E-state index contributed by atoms with van der Waals surface area (Å²) in [7, 11) is 0. The zero-order valence-electron chi connectivity index (χ0n) is 13.9. The van der Waals surface area contributed by atoms with Gasteiger partial charge in [0.25, 0.3) is 0 Å². The number of benzene rings is 2. The van der Waals surface area contributed by atoms with Gasteiger partial charge < -0.3 is 10.4 Å². The third-order valence-electron chi connectivity index (χ3n) is 3.75. The number of nitrogens with zero attached hydrogens (tertiary/aromatic N) is 1. The molecule has 0 aliphatic heterocycles. The molecular weight excluding hydrogens is 327 g/mol. The number of hydrogen-bond donors (Lipinski definition) is 2. The van der Waals surface area contributed by atoms with E-state index in [1.807, 2.05) is 38.1 Å². The number of hydrogen-bond acceptors (Lipinski definition) is 2. The molecule has 0 amide bonds. The van der Waals surface area contributed by atoms with E-state index >= 15 is 0 Å². The molecule has 5 heteroatoms. The summed E-state index contributed by atoms with van der Waals surface area (Å²) in [6, 6.07) is 12.3. The predicted octanol–water partition coefficient (Wildman–Crippen LogP) is 4.96. The predicted molar refractivity (Wildman–Crippen MR) is 98.3 cm³/mol. The molecule has 0 aliphatic carbocycles. The summed E-state index contributed by atoms with van der Waals surface area (Å²) in [5, 5.41) is 13.9. The van der Waals surface area contributed by atoms with Crippen molar-refractivity contribution in [3.8, 4) is 0 Å². The highest BCUT2D eigenvalue weighted by Crippen LogP contribution is 2.21. The van der Waals surface area contributed by atoms with Gasteiger partial charge in [-0.1, -0.05) is 49.2 Å². The Morgan fingerprint density at radius 2 is 2.00 bits per heavy atom. The molecule has 0 aliphatic rings. The number of anilines is 1. The molecule has 2 N–H and O–H groups in total. The number of nitrogens with one attached hydrogen (secondary N) is 1. The number of aliphatic hydroxyl groups excluding tert-OH is 1. The number of amidine groups is 1. The van der Waals surface area contributed by atoms with Crippen molar-refractivity contribution in [2.75, 3.05) is 5.32 Å². The Kier molecular flexibility index (Phi) is 6.76. The maximum absolute atomic E-state index is 13.9. The van der Waals surface area contributed by atoms with E-state index in [1.54, 1.807) is 12.1 Å². The van der Waals surface area contributed by atoms with Crippen molar-refractivity contribution in [2.45, 2.75) is 39.3 Å². The van der Waals surface area contributed by atoms with Gasteiger partial charge in [0.05, 0.1) is 6.54 Å². The van der Waals surface area contributed by atoms with Gasteiger partial charge in [0.2, 0.25) is 0 Å². The molecule has 24 heavy (non-hydrogen) atoms. The van der Waals surface area contributed by atoms with Crippen LogP contribution in [-0.4, -0.2) is 17.0 Å². The maximum atomic E-state index is 13.9. The Bertz CT molecular complexity index is 698. The molecule has 2 aromatic rings. The normalized spacial score (nSPS) is 13.0. The van der Waals surface area contributed by atoms with Crippen LogP contribution in [0, 0.1) is 12.7 Å². The van der Waals surface area contributed by atoms with Crippen LogP contribution in [0.2, 0.25) is 5.02 Å². The van der Waals surface area contributed by atoms with Crippen LogP contribution >= 0.6 is 11.6 Å². The van der Waals surface area contributed by atoms with Crippen LogP contribution in [0.25, 0.3) is 0 Å². The van der Waals surface area contributed by atoms with Gasteiger partial charge in [0.1, 0.15) is 17.8 Å². The Morgan fingerprint density at radius 3 is 2.67 bits per heavy atom. The van der Waals surface area contributed by atoms with Crippen molar-refractivity contribution in [3.63, 3.8) is 0 Å². The quantitative estimate of drug-likeness (QED) is 0.572. The van der Waals surface area contributed by atoms with Crippen LogP contribution in [0.1, 0.15) is 30.9 Å². The molecule has 0 aromatic heterocycles. The molecule has 0 spiro atoms. The minimum Gasteiger partial charge on any atom is -0.385 e. The van der Waals surface area contributed by atoms with Crippen molar-refractivity contribution in [1.29, 1.82) is 0 Å². The van der Waals surface area contributed by atoms with Crippen molar-refractivity contribution >= 4 is 23.1 Å². The van der Waals surface area contributed by atoms with Crippen molar-refractivity contribution < 1.29 is 9.50 Å². The summed E-state index contributed by atoms with van der Waals surface area (Å²) in [4.78, 5) is 4.40. The standard InChI is InChI=1S/C19H22ClFN2O/c1-3-7-18(24)19(23-17-11-5-4-8-13(17)2)22-12-14-15(20)9-6-10-16(14)21/h4-6,8-11,18,24H,3,7,12H2,1-2H3,(H,22,23). The molecule has 0 radical (unpaired) electrons. The van der Waals surface area contributed by atoms with E-state index in [-0.39, 0.29) is 6.54 Å². The molecule has 0 saturated heterocycles. The van der Waals surface area contributed by atoms with Crippen LogP contribution in [0.15, 0.2) is 47.5 Å². The Morgan fingerprint density at radius 1 is 1.25 bits per heavy atom. The average molecular weight is 349 g/mol. The van der Waals surface area contributed by atoms with Gasteiger partial charge in [-0.05, 0) is 37.1 Å². The van der Waals surface area contributed by atoms with Crippen LogP contribution in [-0.2, 0) is 6.54 Å². The number of aryl methyl sites for hydroxylation is 1. The molecule has 3 nitrogen and oxygen atoms in total. The average Bonchev–Trinajstić information content (AvgIpc) is 2.55. The lowest BCUT2D eigenvalue weighted by molar-refractivity contribution is 0.229. The molecule has 2 aromatic carbocycles. The molecule has 128 valence electrons. The van der Waals surface area contributed by atoms with E-state index in [9.17, 15) is 9.50 Å². The summed E-state index contributed by atoms with van der Waals surface area (Å²) in [6.07, 6.45) is 0.652. The zero-order valence-corrected chi connectivity index (χ0v) is 14.6. The van der Waals surface area contributed by atoms with Gasteiger partial charge in [-0.3, -0.25) is 4.99 Å². The molecule has 0 saturated carbocycles. The molecule has 0 heterocycles. The SMILES string of the molecule is CCCC(O)C(=NCc1c(F)cccc1Cl)Nc1ccccc1C. The Labute approximate surface area is 147 Å². The van der Waals surface area contributed by atoms with E-state index in [1.165, 1.54) is 6.07 Å². The molecule has 2 rings (SSSR count). The molecular formula is C19H22ClFN2O. The first-order valence-electron chi connectivity index (χ1n) is 8.00. The summed E-state index contributed by atoms with van der Waals surface area (Å²) < 4.78 is 13.9. The van der Waals surface area contributed by atoms with Gasteiger partial charge >= 0.3 is 0 Å². The van der Waals surface area contributed by atoms with Crippen LogP contribution in [0.5, 0.6) is 0 Å².